The van der Waals surface area contributed by atoms with E-state index in [0.717, 1.165) is 21.3 Å². The number of benzene rings is 3. The smallest absolute Gasteiger partial charge is 0.301 e. The molecular weight excluding hydrogens is 436 g/mol. The number of fused-ring (bicyclic) bond motifs is 1. The number of amides is 1. The second-order valence-corrected chi connectivity index (χ2v) is 9.10. The molecule has 1 fully saturated rings. The number of phenols is 1. The molecule has 1 unspecified atom stereocenters. The van der Waals surface area contributed by atoms with Gasteiger partial charge in [0.25, 0.3) is 5.78 Å². The molecule has 1 aliphatic rings. The van der Waals surface area contributed by atoms with Gasteiger partial charge >= 0.3 is 5.91 Å². The molecule has 1 atom stereocenters. The summed E-state index contributed by atoms with van der Waals surface area (Å²) in [6, 6.07) is 18.3. The number of aliphatic hydroxyl groups excluding tert-OH is 1. The van der Waals surface area contributed by atoms with E-state index in [-0.39, 0.29) is 17.1 Å². The van der Waals surface area contributed by atoms with Crippen molar-refractivity contribution in [2.75, 3.05) is 4.90 Å². The van der Waals surface area contributed by atoms with Crippen LogP contribution in [0.15, 0.2) is 72.3 Å². The fourth-order valence-corrected chi connectivity index (χ4v) is 5.08. The third-order valence-electron chi connectivity index (χ3n) is 5.72. The normalized spacial score (nSPS) is 17.8. The summed E-state index contributed by atoms with van der Waals surface area (Å²) in [6.45, 7) is 3.90. The molecule has 1 amide bonds. The summed E-state index contributed by atoms with van der Waals surface area (Å²) in [7, 11) is 0. The maximum absolute atomic E-state index is 13.2. The Kier molecular flexibility index (Phi) is 4.98. The Hall–Kier alpha value is -3.97. The summed E-state index contributed by atoms with van der Waals surface area (Å²) in [6.07, 6.45) is 0. The molecule has 3 aromatic carbocycles. The molecule has 7 heteroatoms. The van der Waals surface area contributed by atoms with E-state index in [2.05, 4.69) is 4.98 Å². The van der Waals surface area contributed by atoms with Gasteiger partial charge in [0.1, 0.15) is 11.5 Å². The highest BCUT2D eigenvalue weighted by molar-refractivity contribution is 7.22. The van der Waals surface area contributed by atoms with E-state index in [9.17, 15) is 19.8 Å². The number of hydrogen-bond acceptors (Lipinski definition) is 6. The molecular formula is C26H20N2O4S. The van der Waals surface area contributed by atoms with Crippen LogP contribution in [-0.4, -0.2) is 26.9 Å². The number of hydrogen-bond donors (Lipinski definition) is 2. The molecule has 6 nitrogen and oxygen atoms in total. The predicted octanol–water partition coefficient (Wildman–Crippen LogP) is 5.25. The van der Waals surface area contributed by atoms with Gasteiger partial charge in [-0.3, -0.25) is 14.5 Å². The minimum absolute atomic E-state index is 0.00928. The Morgan fingerprint density at radius 2 is 1.61 bits per heavy atom. The number of thiazole rings is 1. The first-order valence-electron chi connectivity index (χ1n) is 10.4. The minimum atomic E-state index is -0.881. The van der Waals surface area contributed by atoms with Gasteiger partial charge in [0.2, 0.25) is 0 Å². The Morgan fingerprint density at radius 3 is 2.30 bits per heavy atom. The Bertz CT molecular complexity index is 1440. The van der Waals surface area contributed by atoms with Gasteiger partial charge < -0.3 is 10.2 Å². The molecule has 164 valence electrons. The van der Waals surface area contributed by atoms with Crippen LogP contribution in [0.5, 0.6) is 5.75 Å². The van der Waals surface area contributed by atoms with Crippen LogP contribution in [0.25, 0.3) is 16.0 Å². The van der Waals surface area contributed by atoms with E-state index < -0.39 is 17.7 Å². The lowest BCUT2D eigenvalue weighted by Gasteiger charge is -2.23. The monoisotopic (exact) mass is 456 g/mol. The third kappa shape index (κ3) is 3.56. The van der Waals surface area contributed by atoms with Crippen LogP contribution in [0.1, 0.15) is 28.3 Å². The van der Waals surface area contributed by atoms with E-state index in [1.165, 1.54) is 28.4 Å². The highest BCUT2D eigenvalue weighted by Crippen LogP contribution is 2.44. The molecule has 1 aliphatic heterocycles. The van der Waals surface area contributed by atoms with Crippen LogP contribution in [0.3, 0.4) is 0 Å². The fraction of sp³-hybridized carbons (Fsp3) is 0.115. The van der Waals surface area contributed by atoms with E-state index in [1.54, 1.807) is 24.3 Å². The average molecular weight is 457 g/mol. The quantitative estimate of drug-likeness (QED) is 0.250. The number of phenolic OH excluding ortho intramolecular Hbond substituents is 1. The highest BCUT2D eigenvalue weighted by Gasteiger charge is 2.48. The van der Waals surface area contributed by atoms with Gasteiger partial charge in [0, 0.05) is 5.56 Å². The first-order valence-corrected chi connectivity index (χ1v) is 11.2. The van der Waals surface area contributed by atoms with Gasteiger partial charge in [-0.2, -0.15) is 0 Å². The van der Waals surface area contributed by atoms with Crippen molar-refractivity contribution in [1.29, 1.82) is 0 Å². The number of anilines is 1. The van der Waals surface area contributed by atoms with Crippen LogP contribution in [0, 0.1) is 13.8 Å². The Morgan fingerprint density at radius 1 is 0.939 bits per heavy atom. The number of carbonyl (C=O) groups is 2. The largest absolute Gasteiger partial charge is 0.508 e. The summed E-state index contributed by atoms with van der Waals surface area (Å²) in [5, 5.41) is 21.3. The van der Waals surface area contributed by atoms with Crippen molar-refractivity contribution in [2.24, 2.45) is 0 Å². The van der Waals surface area contributed by atoms with Crippen molar-refractivity contribution in [3.8, 4) is 5.75 Å². The van der Waals surface area contributed by atoms with E-state index in [0.29, 0.717) is 16.3 Å². The van der Waals surface area contributed by atoms with Crippen LogP contribution < -0.4 is 4.90 Å². The molecule has 4 aromatic rings. The number of aryl methyl sites for hydroxylation is 2. The van der Waals surface area contributed by atoms with Crippen molar-refractivity contribution in [3.63, 3.8) is 0 Å². The molecule has 0 saturated carbocycles. The van der Waals surface area contributed by atoms with Gasteiger partial charge in [-0.05, 0) is 49.2 Å². The topological polar surface area (TPSA) is 90.7 Å². The zero-order valence-electron chi connectivity index (χ0n) is 17.9. The van der Waals surface area contributed by atoms with Crippen LogP contribution in [-0.2, 0) is 9.59 Å². The summed E-state index contributed by atoms with van der Waals surface area (Å²) in [4.78, 5) is 32.4. The van der Waals surface area contributed by atoms with Crippen molar-refractivity contribution in [1.82, 2.24) is 4.98 Å². The van der Waals surface area contributed by atoms with Crippen molar-refractivity contribution < 1.29 is 19.8 Å². The molecule has 0 radical (unpaired) electrons. The second kappa shape index (κ2) is 7.86. The Labute approximate surface area is 194 Å². The van der Waals surface area contributed by atoms with Crippen LogP contribution in [0.4, 0.5) is 5.13 Å². The first-order chi connectivity index (χ1) is 15.8. The summed E-state index contributed by atoms with van der Waals surface area (Å²) >= 11 is 1.32. The lowest BCUT2D eigenvalue weighted by Crippen LogP contribution is -2.29. The van der Waals surface area contributed by atoms with Gasteiger partial charge in [0.05, 0.1) is 21.8 Å². The second-order valence-electron chi connectivity index (χ2n) is 8.09. The summed E-state index contributed by atoms with van der Waals surface area (Å²) in [5.41, 5.74) is 3.81. The average Bonchev–Trinajstić information content (AvgIpc) is 3.32. The number of aromatic hydroxyl groups is 1. The van der Waals surface area contributed by atoms with Crippen molar-refractivity contribution in [2.45, 2.75) is 19.9 Å². The van der Waals surface area contributed by atoms with E-state index in [4.69, 9.17) is 0 Å². The zero-order chi connectivity index (χ0) is 23.3. The van der Waals surface area contributed by atoms with Gasteiger partial charge in [-0.25, -0.2) is 4.98 Å². The fourth-order valence-electron chi connectivity index (χ4n) is 3.99. The molecule has 0 bridgehead atoms. The van der Waals surface area contributed by atoms with Crippen LogP contribution >= 0.6 is 11.3 Å². The highest BCUT2D eigenvalue weighted by atomic mass is 32.1. The molecule has 0 aliphatic carbocycles. The standard InChI is InChI=1S/C26H20N2O4S/c1-14-3-6-17(7-4-14)23(30)21-22(16-8-10-18(29)11-9-16)28(25(32)24(21)31)26-27-19-12-5-15(2)13-20(19)33-26/h3-13,22,29-30H,1-2H3/b23-21+. The number of ketones is 1. The molecule has 1 saturated heterocycles. The maximum Gasteiger partial charge on any atom is 0.301 e. The molecule has 2 N–H and O–H groups in total. The molecule has 2 heterocycles. The molecule has 0 spiro atoms. The van der Waals surface area contributed by atoms with Gasteiger partial charge in [0.15, 0.2) is 5.13 Å². The lowest BCUT2D eigenvalue weighted by atomic mass is 9.95. The van der Waals surface area contributed by atoms with E-state index >= 15 is 0 Å². The SMILES string of the molecule is Cc1ccc(/C(O)=C2\C(=O)C(=O)N(c3nc4ccc(C)cc4s3)C2c2ccc(O)cc2)cc1. The lowest BCUT2D eigenvalue weighted by molar-refractivity contribution is -0.132. The summed E-state index contributed by atoms with van der Waals surface area (Å²) in [5.74, 6) is -1.71. The molecule has 1 aromatic heterocycles. The number of carbonyl (C=O) groups excluding carboxylic acids is 2. The summed E-state index contributed by atoms with van der Waals surface area (Å²) < 4.78 is 0.898. The molecule has 5 rings (SSSR count). The van der Waals surface area contributed by atoms with E-state index in [1.807, 2.05) is 44.2 Å². The maximum atomic E-state index is 13.2. The third-order valence-corrected chi connectivity index (χ3v) is 6.73. The Balaban J connectivity index is 1.73. The number of aromatic nitrogens is 1. The van der Waals surface area contributed by atoms with Gasteiger partial charge in [-0.15, -0.1) is 0 Å². The minimum Gasteiger partial charge on any atom is -0.508 e. The van der Waals surface area contributed by atoms with Crippen molar-refractivity contribution >= 4 is 44.1 Å². The number of Topliss-reactive ketones (excluding diaryl/α,β-unsaturated/α-hetero) is 1. The number of aliphatic hydroxyl groups is 1. The number of rotatable bonds is 3. The number of nitrogens with zero attached hydrogens (tertiary/aromatic N) is 2. The first kappa shape index (κ1) is 20.9. The van der Waals surface area contributed by atoms with Crippen molar-refractivity contribution in [3.05, 3.63) is 94.6 Å². The van der Waals surface area contributed by atoms with Gasteiger partial charge in [-0.1, -0.05) is 59.4 Å². The zero-order valence-corrected chi connectivity index (χ0v) is 18.8. The molecule has 33 heavy (non-hydrogen) atoms. The van der Waals surface area contributed by atoms with Crippen LogP contribution in [0.2, 0.25) is 0 Å². The predicted molar refractivity (Wildman–Crippen MR) is 128 cm³/mol.